The maximum Gasteiger partial charge on any atom is 0.277 e. The molecule has 3 rings (SSSR count). The summed E-state index contributed by atoms with van der Waals surface area (Å²) in [5, 5.41) is 17.2. The van der Waals surface area contributed by atoms with Crippen molar-refractivity contribution in [2.75, 3.05) is 12.9 Å². The van der Waals surface area contributed by atoms with E-state index in [4.69, 9.17) is 9.15 Å². The molecule has 0 aliphatic rings. The van der Waals surface area contributed by atoms with Gasteiger partial charge in [-0.25, -0.2) is 0 Å². The molecule has 144 valence electrons. The molecule has 0 saturated carbocycles. The number of aromatic hydroxyl groups is 1. The third-order valence-corrected chi connectivity index (χ3v) is 4.33. The molecule has 0 saturated heterocycles. The molecule has 3 aromatic rings. The van der Waals surface area contributed by atoms with Gasteiger partial charge in [0.2, 0.25) is 11.8 Å². The molecule has 3 N–H and O–H groups in total. The van der Waals surface area contributed by atoms with Gasteiger partial charge in [-0.1, -0.05) is 11.8 Å². The summed E-state index contributed by atoms with van der Waals surface area (Å²) in [6.07, 6.45) is 0. The second-order valence-electron chi connectivity index (χ2n) is 5.44. The summed E-state index contributed by atoms with van der Waals surface area (Å²) >= 11 is 1.03. The van der Waals surface area contributed by atoms with Crippen LogP contribution in [0.4, 0.5) is 0 Å². The number of nitrogens with zero attached hydrogens (tertiary/aromatic N) is 2. The molecule has 0 bridgehead atoms. The lowest BCUT2D eigenvalue weighted by Crippen LogP contribution is -2.42. The SMILES string of the molecule is COc1ccc(C(=O)NNC(=O)CSc2nnc(-c3ccc(O)cc3)o2)cc1. The second-order valence-corrected chi connectivity index (χ2v) is 6.37. The van der Waals surface area contributed by atoms with E-state index in [0.717, 1.165) is 11.8 Å². The highest BCUT2D eigenvalue weighted by Crippen LogP contribution is 2.24. The van der Waals surface area contributed by atoms with Crippen LogP contribution in [0.2, 0.25) is 0 Å². The number of ether oxygens (including phenoxy) is 1. The van der Waals surface area contributed by atoms with E-state index < -0.39 is 11.8 Å². The van der Waals surface area contributed by atoms with Crippen molar-refractivity contribution in [2.45, 2.75) is 5.22 Å². The number of rotatable bonds is 6. The maximum absolute atomic E-state index is 12.0. The number of thioether (sulfide) groups is 1. The standard InChI is InChI=1S/C18H16N4O5S/c1-26-14-8-4-11(5-9-14)16(25)20-19-15(24)10-28-18-22-21-17(27-18)12-2-6-13(23)7-3-12/h2-9,23H,10H2,1H3,(H,19,24)(H,20,25). The van der Waals surface area contributed by atoms with Gasteiger partial charge in [0, 0.05) is 11.1 Å². The fourth-order valence-corrected chi connectivity index (χ4v) is 2.66. The molecule has 0 aliphatic heterocycles. The number of carbonyl (C=O) groups is 2. The Kier molecular flexibility index (Phi) is 6.12. The van der Waals surface area contributed by atoms with Gasteiger partial charge in [-0.3, -0.25) is 20.4 Å². The molecule has 28 heavy (non-hydrogen) atoms. The first-order chi connectivity index (χ1) is 13.5. The second kappa shape index (κ2) is 8.91. The van der Waals surface area contributed by atoms with Gasteiger partial charge in [0.25, 0.3) is 11.1 Å². The van der Waals surface area contributed by atoms with Crippen LogP contribution >= 0.6 is 11.8 Å². The largest absolute Gasteiger partial charge is 0.508 e. The molecule has 0 fully saturated rings. The minimum absolute atomic E-state index is 0.0277. The first-order valence-corrected chi connectivity index (χ1v) is 9.02. The Labute approximate surface area is 164 Å². The molecule has 9 nitrogen and oxygen atoms in total. The number of amides is 2. The number of carbonyl (C=O) groups excluding carboxylic acids is 2. The molecule has 1 heterocycles. The van der Waals surface area contributed by atoms with Crippen molar-refractivity contribution in [3.63, 3.8) is 0 Å². The van der Waals surface area contributed by atoms with Gasteiger partial charge >= 0.3 is 0 Å². The number of benzene rings is 2. The average molecular weight is 400 g/mol. The zero-order chi connectivity index (χ0) is 19.9. The summed E-state index contributed by atoms with van der Waals surface area (Å²) in [6, 6.07) is 12.7. The summed E-state index contributed by atoms with van der Waals surface area (Å²) in [5.74, 6) is 0.120. The van der Waals surface area contributed by atoms with E-state index in [1.165, 1.54) is 19.2 Å². The normalized spacial score (nSPS) is 10.3. The van der Waals surface area contributed by atoms with Gasteiger partial charge in [-0.05, 0) is 48.5 Å². The van der Waals surface area contributed by atoms with E-state index in [0.29, 0.717) is 16.9 Å². The fourth-order valence-electron chi connectivity index (χ4n) is 2.09. The first kappa shape index (κ1) is 19.2. The quantitative estimate of drug-likeness (QED) is 0.424. The topological polar surface area (TPSA) is 127 Å². The highest BCUT2D eigenvalue weighted by atomic mass is 32.2. The number of hydrazine groups is 1. The van der Waals surface area contributed by atoms with Crippen molar-refractivity contribution < 1.29 is 23.8 Å². The van der Waals surface area contributed by atoms with E-state index >= 15 is 0 Å². The molecule has 1 aromatic heterocycles. The molecule has 2 aromatic carbocycles. The molecule has 0 radical (unpaired) electrons. The molecule has 0 spiro atoms. The summed E-state index contributed by atoms with van der Waals surface area (Å²) < 4.78 is 10.5. The number of methoxy groups -OCH3 is 1. The average Bonchev–Trinajstić information content (AvgIpc) is 3.20. The van der Waals surface area contributed by atoms with Gasteiger partial charge in [0.1, 0.15) is 11.5 Å². The Morgan fingerprint density at radius 2 is 1.79 bits per heavy atom. The number of hydrogen-bond donors (Lipinski definition) is 3. The maximum atomic E-state index is 12.0. The zero-order valence-corrected chi connectivity index (χ0v) is 15.5. The van der Waals surface area contributed by atoms with Crippen molar-refractivity contribution in [1.82, 2.24) is 21.0 Å². The predicted molar refractivity (Wildman–Crippen MR) is 101 cm³/mol. The molecular formula is C18H16N4O5S. The van der Waals surface area contributed by atoms with Crippen LogP contribution in [0.15, 0.2) is 58.2 Å². The van der Waals surface area contributed by atoms with Crippen LogP contribution in [0, 0.1) is 0 Å². The highest BCUT2D eigenvalue weighted by Gasteiger charge is 2.12. The third-order valence-electron chi connectivity index (χ3n) is 3.52. The lowest BCUT2D eigenvalue weighted by atomic mass is 10.2. The Hall–Kier alpha value is -3.53. The lowest BCUT2D eigenvalue weighted by molar-refractivity contribution is -0.119. The van der Waals surface area contributed by atoms with Crippen LogP contribution in [0.3, 0.4) is 0 Å². The van der Waals surface area contributed by atoms with E-state index in [-0.39, 0.29) is 22.6 Å². The summed E-state index contributed by atoms with van der Waals surface area (Å²) in [5.41, 5.74) is 5.67. The monoisotopic (exact) mass is 400 g/mol. The number of phenols is 1. The number of phenolic OH excluding ortho intramolecular Hbond substituents is 1. The van der Waals surface area contributed by atoms with Gasteiger partial charge in [-0.15, -0.1) is 10.2 Å². The van der Waals surface area contributed by atoms with Crippen LogP contribution < -0.4 is 15.6 Å². The first-order valence-electron chi connectivity index (χ1n) is 8.04. The Morgan fingerprint density at radius 1 is 1.07 bits per heavy atom. The van der Waals surface area contributed by atoms with Gasteiger partial charge in [0.15, 0.2) is 0 Å². The third kappa shape index (κ3) is 5.01. The Bertz CT molecular complexity index is 957. The van der Waals surface area contributed by atoms with Crippen LogP contribution in [0.1, 0.15) is 10.4 Å². The van der Waals surface area contributed by atoms with Crippen molar-refractivity contribution in [3.8, 4) is 23.0 Å². The number of nitrogens with one attached hydrogen (secondary N) is 2. The predicted octanol–water partition coefficient (Wildman–Crippen LogP) is 2.00. The van der Waals surface area contributed by atoms with E-state index in [9.17, 15) is 14.7 Å². The smallest absolute Gasteiger partial charge is 0.277 e. The Balaban J connectivity index is 1.46. The zero-order valence-electron chi connectivity index (χ0n) is 14.7. The Morgan fingerprint density at radius 3 is 2.46 bits per heavy atom. The van der Waals surface area contributed by atoms with Gasteiger partial charge in [-0.2, -0.15) is 0 Å². The number of hydrogen-bond acceptors (Lipinski definition) is 8. The lowest BCUT2D eigenvalue weighted by Gasteiger charge is -2.07. The van der Waals surface area contributed by atoms with E-state index in [1.54, 1.807) is 36.4 Å². The fraction of sp³-hybridized carbons (Fsp3) is 0.111. The molecular weight excluding hydrogens is 384 g/mol. The van der Waals surface area contributed by atoms with Gasteiger partial charge in [0.05, 0.1) is 12.9 Å². The van der Waals surface area contributed by atoms with Crippen molar-refractivity contribution >= 4 is 23.6 Å². The molecule has 0 unspecified atom stereocenters. The van der Waals surface area contributed by atoms with E-state index in [2.05, 4.69) is 21.0 Å². The van der Waals surface area contributed by atoms with Crippen molar-refractivity contribution in [3.05, 3.63) is 54.1 Å². The van der Waals surface area contributed by atoms with Gasteiger partial charge < -0.3 is 14.3 Å². The van der Waals surface area contributed by atoms with Crippen LogP contribution in [0.25, 0.3) is 11.5 Å². The van der Waals surface area contributed by atoms with Crippen LogP contribution in [0.5, 0.6) is 11.5 Å². The van der Waals surface area contributed by atoms with Crippen molar-refractivity contribution in [2.24, 2.45) is 0 Å². The van der Waals surface area contributed by atoms with E-state index in [1.807, 2.05) is 0 Å². The molecule has 0 aliphatic carbocycles. The van der Waals surface area contributed by atoms with Crippen LogP contribution in [-0.2, 0) is 4.79 Å². The molecule has 10 heteroatoms. The van der Waals surface area contributed by atoms with Crippen molar-refractivity contribution in [1.29, 1.82) is 0 Å². The van der Waals surface area contributed by atoms with Crippen LogP contribution in [-0.4, -0.2) is 40.0 Å². The molecule has 0 atom stereocenters. The minimum atomic E-state index is -0.451. The number of aromatic nitrogens is 2. The summed E-state index contributed by atoms with van der Waals surface area (Å²) in [6.45, 7) is 0. The highest BCUT2D eigenvalue weighted by molar-refractivity contribution is 7.99. The molecule has 2 amide bonds. The summed E-state index contributed by atoms with van der Waals surface area (Å²) in [7, 11) is 1.53. The summed E-state index contributed by atoms with van der Waals surface area (Å²) in [4.78, 5) is 23.9. The minimum Gasteiger partial charge on any atom is -0.508 e.